The van der Waals surface area contributed by atoms with Gasteiger partial charge in [0.25, 0.3) is 6.43 Å². The third-order valence-corrected chi connectivity index (χ3v) is 8.10. The van der Waals surface area contributed by atoms with E-state index in [0.717, 1.165) is 56.3 Å². The summed E-state index contributed by atoms with van der Waals surface area (Å²) in [5.41, 5.74) is 1.56. The second kappa shape index (κ2) is 9.44. The highest BCUT2D eigenvalue weighted by Gasteiger charge is 2.41. The van der Waals surface area contributed by atoms with Gasteiger partial charge in [-0.25, -0.2) is 36.4 Å². The van der Waals surface area contributed by atoms with Crippen LogP contribution in [0.5, 0.6) is 0 Å². The van der Waals surface area contributed by atoms with Crippen LogP contribution in [0, 0.1) is 11.8 Å². The molecule has 0 aromatic carbocycles. The molecule has 3 saturated heterocycles. The molecule has 0 radical (unpaired) electrons. The van der Waals surface area contributed by atoms with Crippen molar-refractivity contribution in [3.8, 4) is 11.3 Å². The number of ether oxygens (including phenoxy) is 1. The smallest absolute Gasteiger partial charge is 0.282 e. The third kappa shape index (κ3) is 4.99. The van der Waals surface area contributed by atoms with Crippen molar-refractivity contribution in [3.05, 3.63) is 36.2 Å². The molecule has 3 atom stereocenters. The van der Waals surface area contributed by atoms with Crippen molar-refractivity contribution >= 4 is 27.3 Å². The zero-order valence-electron chi connectivity index (χ0n) is 20.4. The van der Waals surface area contributed by atoms with Gasteiger partial charge in [-0.15, -0.1) is 0 Å². The van der Waals surface area contributed by atoms with Gasteiger partial charge in [-0.1, -0.05) is 0 Å². The second-order valence-electron chi connectivity index (χ2n) is 10.2. The van der Waals surface area contributed by atoms with E-state index in [9.17, 15) is 17.2 Å². The number of anilines is 2. The molecule has 3 aromatic rings. The number of hydrogen-bond donors (Lipinski definition) is 1. The maximum absolute atomic E-state index is 13.4. The van der Waals surface area contributed by atoms with Crippen molar-refractivity contribution < 1.29 is 21.9 Å². The maximum Gasteiger partial charge on any atom is 0.282 e. The Kier molecular flexibility index (Phi) is 6.24. The summed E-state index contributed by atoms with van der Waals surface area (Å²) in [6.45, 7) is 4.18. The Morgan fingerprint density at radius 1 is 1.16 bits per heavy atom. The highest BCUT2D eigenvalue weighted by Crippen LogP contribution is 2.36. The molecule has 3 fully saturated rings. The van der Waals surface area contributed by atoms with Crippen LogP contribution < -0.4 is 14.5 Å². The fourth-order valence-electron chi connectivity index (χ4n) is 5.39. The zero-order chi connectivity index (χ0) is 25.7. The largest absolute Gasteiger partial charge is 0.375 e. The molecule has 37 heavy (non-hydrogen) atoms. The van der Waals surface area contributed by atoms with Crippen LogP contribution in [0.2, 0.25) is 0 Å². The van der Waals surface area contributed by atoms with Crippen LogP contribution in [0.1, 0.15) is 25.0 Å². The quantitative estimate of drug-likeness (QED) is 0.494. The van der Waals surface area contributed by atoms with E-state index < -0.39 is 16.4 Å². The number of fused-ring (bicyclic) bond motifs is 2. The maximum atomic E-state index is 13.4. The summed E-state index contributed by atoms with van der Waals surface area (Å²) in [4.78, 5) is 13.8. The molecule has 13 heteroatoms. The van der Waals surface area contributed by atoms with Gasteiger partial charge in [0.1, 0.15) is 17.3 Å². The van der Waals surface area contributed by atoms with Gasteiger partial charge < -0.3 is 14.5 Å². The van der Waals surface area contributed by atoms with Crippen molar-refractivity contribution in [2.24, 2.45) is 11.8 Å². The summed E-state index contributed by atoms with van der Waals surface area (Å²) >= 11 is 0. The molecular weight excluding hydrogens is 504 g/mol. The van der Waals surface area contributed by atoms with E-state index in [1.165, 1.54) is 16.8 Å². The minimum atomic E-state index is -3.27. The highest BCUT2D eigenvalue weighted by molar-refractivity contribution is 7.88. The topological polar surface area (TPSA) is 105 Å². The average Bonchev–Trinajstić information content (AvgIpc) is 3.42. The van der Waals surface area contributed by atoms with E-state index in [1.807, 2.05) is 12.1 Å². The van der Waals surface area contributed by atoms with Crippen LogP contribution in [0.25, 0.3) is 16.9 Å². The lowest BCUT2D eigenvalue weighted by Gasteiger charge is -2.34. The molecule has 3 aliphatic heterocycles. The summed E-state index contributed by atoms with van der Waals surface area (Å²) < 4.78 is 59.8. The van der Waals surface area contributed by atoms with Gasteiger partial charge in [0.2, 0.25) is 10.0 Å². The van der Waals surface area contributed by atoms with Crippen LogP contribution in [0.4, 0.5) is 20.4 Å². The van der Waals surface area contributed by atoms with Gasteiger partial charge in [-0.05, 0) is 43.0 Å². The lowest BCUT2D eigenvalue weighted by Crippen LogP contribution is -2.41. The van der Waals surface area contributed by atoms with E-state index in [1.54, 1.807) is 12.3 Å². The molecule has 3 aromatic heterocycles. The second-order valence-corrected chi connectivity index (χ2v) is 12.0. The van der Waals surface area contributed by atoms with Crippen molar-refractivity contribution in [1.82, 2.24) is 24.3 Å². The zero-order valence-corrected chi connectivity index (χ0v) is 21.2. The molecule has 0 saturated carbocycles. The predicted octanol–water partition coefficient (Wildman–Crippen LogP) is 2.33. The fourth-order valence-corrected chi connectivity index (χ4v) is 5.92. The number of pyridine rings is 1. The van der Waals surface area contributed by atoms with Crippen LogP contribution in [0.3, 0.4) is 0 Å². The van der Waals surface area contributed by atoms with Crippen LogP contribution in [-0.4, -0.2) is 79.7 Å². The minimum Gasteiger partial charge on any atom is -0.375 e. The molecule has 6 heterocycles. The van der Waals surface area contributed by atoms with E-state index in [0.29, 0.717) is 30.3 Å². The van der Waals surface area contributed by atoms with Gasteiger partial charge in [0, 0.05) is 44.2 Å². The van der Waals surface area contributed by atoms with Crippen LogP contribution in [-0.2, 0) is 14.8 Å². The summed E-state index contributed by atoms with van der Waals surface area (Å²) in [7, 11) is -3.27. The molecule has 1 N–H and O–H groups in total. The molecular formula is C24H29F2N7O3S. The van der Waals surface area contributed by atoms with Gasteiger partial charge in [0.15, 0.2) is 5.65 Å². The SMILES string of the molecule is CS(=O)(=O)NCC1CCCN(c2cc(-c3cnc4ccc(C(F)F)nn34)cc(N3CC4COC4C3)n2)C1. The Morgan fingerprint density at radius 3 is 2.65 bits per heavy atom. The first-order valence-corrected chi connectivity index (χ1v) is 14.3. The Hall–Kier alpha value is -2.90. The van der Waals surface area contributed by atoms with Gasteiger partial charge in [-0.2, -0.15) is 5.10 Å². The molecule has 0 aliphatic carbocycles. The normalized spacial score (nSPS) is 24.1. The Morgan fingerprint density at radius 2 is 1.97 bits per heavy atom. The van der Waals surface area contributed by atoms with E-state index >= 15 is 0 Å². The number of rotatable bonds is 7. The summed E-state index contributed by atoms with van der Waals surface area (Å²) in [6.07, 6.45) is 2.17. The number of piperidine rings is 1. The number of aromatic nitrogens is 4. The summed E-state index contributed by atoms with van der Waals surface area (Å²) in [5.74, 6) is 2.19. The lowest BCUT2D eigenvalue weighted by molar-refractivity contribution is -0.0826. The molecule has 3 aliphatic rings. The van der Waals surface area contributed by atoms with E-state index in [4.69, 9.17) is 9.72 Å². The third-order valence-electron chi connectivity index (χ3n) is 7.41. The minimum absolute atomic E-state index is 0.152. The number of imidazole rings is 1. The molecule has 198 valence electrons. The number of hydrogen-bond acceptors (Lipinski definition) is 8. The van der Waals surface area contributed by atoms with Crippen molar-refractivity contribution in [1.29, 1.82) is 0 Å². The van der Waals surface area contributed by atoms with Crippen LogP contribution in [0.15, 0.2) is 30.5 Å². The molecule has 10 nitrogen and oxygen atoms in total. The first-order chi connectivity index (χ1) is 17.7. The summed E-state index contributed by atoms with van der Waals surface area (Å²) in [5, 5.41) is 4.15. The first-order valence-electron chi connectivity index (χ1n) is 12.4. The highest BCUT2D eigenvalue weighted by atomic mass is 32.2. The molecule has 0 spiro atoms. The Balaban J connectivity index is 1.37. The molecule has 3 unspecified atom stereocenters. The van der Waals surface area contributed by atoms with Crippen molar-refractivity contribution in [2.45, 2.75) is 25.4 Å². The Bertz CT molecular complexity index is 1400. The number of nitrogens with zero attached hydrogens (tertiary/aromatic N) is 6. The number of alkyl halides is 2. The van der Waals surface area contributed by atoms with Crippen molar-refractivity contribution in [2.75, 3.05) is 55.4 Å². The predicted molar refractivity (Wildman–Crippen MR) is 134 cm³/mol. The fraction of sp³-hybridized carbons (Fsp3) is 0.542. The van der Waals surface area contributed by atoms with E-state index in [2.05, 4.69) is 24.6 Å². The Labute approximate surface area is 213 Å². The summed E-state index contributed by atoms with van der Waals surface area (Å²) in [6, 6.07) is 6.73. The standard InChI is InChI=1S/C24H29F2N7O3S/c1-37(34,35)28-9-15-3-2-6-31(11-15)22-7-16(8-23(29-22)32-12-17-14-36-20(17)13-32)19-10-27-21-5-4-18(24(25)26)30-33(19)21/h4-5,7-8,10,15,17,20,24,28H,2-3,6,9,11-14H2,1H3. The number of halogens is 2. The van der Waals surface area contributed by atoms with Gasteiger partial charge in [0.05, 0.1) is 30.9 Å². The number of nitrogens with one attached hydrogen (secondary N) is 1. The molecule has 0 bridgehead atoms. The van der Waals surface area contributed by atoms with Crippen molar-refractivity contribution in [3.63, 3.8) is 0 Å². The van der Waals surface area contributed by atoms with Gasteiger partial charge in [-0.3, -0.25) is 0 Å². The average molecular weight is 534 g/mol. The molecule has 6 rings (SSSR count). The molecule has 0 amide bonds. The number of sulfonamides is 1. The monoisotopic (exact) mass is 533 g/mol. The first kappa shape index (κ1) is 24.4. The van der Waals surface area contributed by atoms with E-state index in [-0.39, 0.29) is 17.7 Å². The van der Waals surface area contributed by atoms with Crippen LogP contribution >= 0.6 is 0 Å². The van der Waals surface area contributed by atoms with Gasteiger partial charge >= 0.3 is 0 Å². The lowest BCUT2D eigenvalue weighted by atomic mass is 9.98.